The molecule has 4 heteroatoms. The van der Waals surface area contributed by atoms with E-state index in [1.807, 2.05) is 19.1 Å². The molecule has 0 aromatic heterocycles. The lowest BCUT2D eigenvalue weighted by Gasteiger charge is -2.26. The van der Waals surface area contributed by atoms with Crippen LogP contribution in [0.1, 0.15) is 18.1 Å². The highest BCUT2D eigenvalue weighted by Crippen LogP contribution is 2.27. The number of benzene rings is 2. The van der Waals surface area contributed by atoms with Gasteiger partial charge in [0.25, 0.3) is 0 Å². The van der Waals surface area contributed by atoms with Crippen molar-refractivity contribution in [2.45, 2.75) is 25.3 Å². The fourth-order valence-corrected chi connectivity index (χ4v) is 2.65. The van der Waals surface area contributed by atoms with Crippen LogP contribution in [0.3, 0.4) is 0 Å². The van der Waals surface area contributed by atoms with Gasteiger partial charge in [-0.3, -0.25) is 0 Å². The fraction of sp³-hybridized carbons (Fsp3) is 0.294. The molecule has 112 valence electrons. The van der Waals surface area contributed by atoms with Crippen LogP contribution in [0.5, 0.6) is 5.75 Å². The van der Waals surface area contributed by atoms with Crippen LogP contribution in [0, 0.1) is 5.82 Å². The molecule has 0 amide bonds. The molecular weight excluding hydrogens is 289 g/mol. The van der Waals surface area contributed by atoms with Crippen molar-refractivity contribution < 1.29 is 9.13 Å². The summed E-state index contributed by atoms with van der Waals surface area (Å²) >= 11 is 6.04. The number of hydrogen-bond donors (Lipinski definition) is 1. The van der Waals surface area contributed by atoms with E-state index in [0.29, 0.717) is 17.9 Å². The smallest absolute Gasteiger partial charge is 0.123 e. The highest BCUT2D eigenvalue weighted by atomic mass is 35.5. The molecule has 0 aliphatic rings. The summed E-state index contributed by atoms with van der Waals surface area (Å²) in [6.45, 7) is 1.97. The summed E-state index contributed by atoms with van der Waals surface area (Å²) in [5.41, 5.74) is 7.90. The molecule has 2 N–H and O–H groups in total. The van der Waals surface area contributed by atoms with Gasteiger partial charge < -0.3 is 10.5 Å². The van der Waals surface area contributed by atoms with E-state index in [9.17, 15) is 4.39 Å². The van der Waals surface area contributed by atoms with Gasteiger partial charge >= 0.3 is 0 Å². The van der Waals surface area contributed by atoms with Gasteiger partial charge in [0.15, 0.2) is 0 Å². The molecule has 0 saturated carbocycles. The predicted molar refractivity (Wildman–Crippen MR) is 84.4 cm³/mol. The summed E-state index contributed by atoms with van der Waals surface area (Å²) in [6, 6.07) is 11.9. The Morgan fingerprint density at radius 3 is 2.43 bits per heavy atom. The highest BCUT2D eigenvalue weighted by Gasteiger charge is 2.22. The zero-order valence-electron chi connectivity index (χ0n) is 12.2. The number of halogens is 2. The second kappa shape index (κ2) is 6.46. The largest absolute Gasteiger partial charge is 0.496 e. The molecular formula is C17H19ClFNO. The summed E-state index contributed by atoms with van der Waals surface area (Å²) in [5.74, 6) is 0.532. The second-order valence-corrected chi connectivity index (χ2v) is 6.03. The van der Waals surface area contributed by atoms with Gasteiger partial charge in [-0.25, -0.2) is 4.39 Å². The molecule has 1 atom stereocenters. The Bertz CT molecular complexity index is 611. The van der Waals surface area contributed by atoms with Crippen molar-refractivity contribution in [1.82, 2.24) is 0 Å². The first-order valence-corrected chi connectivity index (χ1v) is 7.13. The second-order valence-electron chi connectivity index (χ2n) is 5.59. The van der Waals surface area contributed by atoms with E-state index in [1.54, 1.807) is 25.3 Å². The van der Waals surface area contributed by atoms with Gasteiger partial charge in [-0.1, -0.05) is 23.7 Å². The summed E-state index contributed by atoms with van der Waals surface area (Å²) in [6.07, 6.45) is 1.26. The molecule has 0 saturated heterocycles. The fourth-order valence-electron chi connectivity index (χ4n) is 2.45. The van der Waals surface area contributed by atoms with Crippen LogP contribution in [0.15, 0.2) is 42.5 Å². The molecule has 2 aromatic rings. The van der Waals surface area contributed by atoms with E-state index in [4.69, 9.17) is 22.1 Å². The van der Waals surface area contributed by atoms with E-state index in [1.165, 1.54) is 12.1 Å². The molecule has 1 unspecified atom stereocenters. The van der Waals surface area contributed by atoms with Crippen molar-refractivity contribution in [1.29, 1.82) is 0 Å². The lowest BCUT2D eigenvalue weighted by atomic mass is 9.87. The Labute approximate surface area is 129 Å². The van der Waals surface area contributed by atoms with Crippen molar-refractivity contribution in [3.63, 3.8) is 0 Å². The molecule has 0 heterocycles. The molecule has 0 radical (unpaired) electrons. The van der Waals surface area contributed by atoms with Gasteiger partial charge in [0, 0.05) is 10.6 Å². The highest BCUT2D eigenvalue weighted by molar-refractivity contribution is 6.30. The maximum atomic E-state index is 12.9. The minimum absolute atomic E-state index is 0.242. The third kappa shape index (κ3) is 4.45. The summed E-state index contributed by atoms with van der Waals surface area (Å²) in [4.78, 5) is 0. The number of nitrogens with two attached hydrogens (primary N) is 1. The van der Waals surface area contributed by atoms with E-state index in [0.717, 1.165) is 16.9 Å². The van der Waals surface area contributed by atoms with Crippen LogP contribution in [0.4, 0.5) is 4.39 Å². The van der Waals surface area contributed by atoms with Gasteiger partial charge in [0.2, 0.25) is 0 Å². The van der Waals surface area contributed by atoms with Crippen LogP contribution in [0.2, 0.25) is 5.02 Å². The molecule has 0 bridgehead atoms. The Kier molecular flexibility index (Phi) is 4.86. The van der Waals surface area contributed by atoms with Crippen molar-refractivity contribution in [3.8, 4) is 5.75 Å². The summed E-state index contributed by atoms with van der Waals surface area (Å²) < 4.78 is 18.3. The zero-order chi connectivity index (χ0) is 15.5. The minimum atomic E-state index is -0.476. The van der Waals surface area contributed by atoms with Crippen LogP contribution in [-0.4, -0.2) is 12.6 Å². The molecule has 2 rings (SSSR count). The predicted octanol–water partition coefficient (Wildman–Crippen LogP) is 3.99. The molecule has 21 heavy (non-hydrogen) atoms. The van der Waals surface area contributed by atoms with Gasteiger partial charge in [-0.15, -0.1) is 0 Å². The molecule has 0 aliphatic heterocycles. The Hall–Kier alpha value is -1.58. The van der Waals surface area contributed by atoms with Gasteiger partial charge in [0.05, 0.1) is 7.11 Å². The maximum absolute atomic E-state index is 12.9. The zero-order valence-corrected chi connectivity index (χ0v) is 13.0. The molecule has 0 aliphatic carbocycles. The van der Waals surface area contributed by atoms with E-state index < -0.39 is 5.54 Å². The standard InChI is InChI=1S/C17H19ClFNO/c1-17(20,10-12-3-6-15(19)7-4-12)11-13-9-14(18)5-8-16(13)21-2/h3-9H,10-11,20H2,1-2H3. The van der Waals surface area contributed by atoms with Gasteiger partial charge in [-0.2, -0.15) is 0 Å². The quantitative estimate of drug-likeness (QED) is 0.906. The van der Waals surface area contributed by atoms with Crippen LogP contribution >= 0.6 is 11.6 Å². The van der Waals surface area contributed by atoms with E-state index in [-0.39, 0.29) is 5.82 Å². The third-order valence-corrected chi connectivity index (χ3v) is 3.59. The van der Waals surface area contributed by atoms with Crippen LogP contribution in [-0.2, 0) is 12.8 Å². The van der Waals surface area contributed by atoms with Crippen molar-refractivity contribution in [3.05, 3.63) is 64.4 Å². The topological polar surface area (TPSA) is 35.2 Å². The average molecular weight is 308 g/mol. The Morgan fingerprint density at radius 2 is 1.81 bits per heavy atom. The number of methoxy groups -OCH3 is 1. The summed E-state index contributed by atoms with van der Waals surface area (Å²) in [5, 5.41) is 0.656. The average Bonchev–Trinajstić information content (AvgIpc) is 2.41. The Morgan fingerprint density at radius 1 is 1.14 bits per heavy atom. The SMILES string of the molecule is COc1ccc(Cl)cc1CC(C)(N)Cc1ccc(F)cc1. The first kappa shape index (κ1) is 15.8. The minimum Gasteiger partial charge on any atom is -0.496 e. The molecule has 0 fully saturated rings. The summed E-state index contributed by atoms with van der Waals surface area (Å²) in [7, 11) is 1.63. The third-order valence-electron chi connectivity index (χ3n) is 3.36. The number of rotatable bonds is 5. The van der Waals surface area contributed by atoms with Crippen LogP contribution in [0.25, 0.3) is 0 Å². The Balaban J connectivity index is 2.16. The van der Waals surface area contributed by atoms with E-state index in [2.05, 4.69) is 0 Å². The van der Waals surface area contributed by atoms with Crippen LogP contribution < -0.4 is 10.5 Å². The molecule has 0 spiro atoms. The van der Waals surface area contributed by atoms with Crippen molar-refractivity contribution in [2.24, 2.45) is 5.73 Å². The first-order valence-electron chi connectivity index (χ1n) is 6.75. The van der Waals surface area contributed by atoms with Gasteiger partial charge in [0.1, 0.15) is 11.6 Å². The van der Waals surface area contributed by atoms with Crippen molar-refractivity contribution in [2.75, 3.05) is 7.11 Å². The first-order chi connectivity index (χ1) is 9.89. The maximum Gasteiger partial charge on any atom is 0.123 e. The normalized spacial score (nSPS) is 13.8. The van der Waals surface area contributed by atoms with Gasteiger partial charge in [-0.05, 0) is 61.2 Å². The number of ether oxygens (including phenoxy) is 1. The van der Waals surface area contributed by atoms with E-state index >= 15 is 0 Å². The lowest BCUT2D eigenvalue weighted by molar-refractivity contribution is 0.396. The lowest BCUT2D eigenvalue weighted by Crippen LogP contribution is -2.41. The monoisotopic (exact) mass is 307 g/mol. The number of hydrogen-bond acceptors (Lipinski definition) is 2. The molecule has 2 nitrogen and oxygen atoms in total. The molecule has 2 aromatic carbocycles. The van der Waals surface area contributed by atoms with Crippen molar-refractivity contribution >= 4 is 11.6 Å².